The van der Waals surface area contributed by atoms with E-state index in [0.29, 0.717) is 13.1 Å². The van der Waals surface area contributed by atoms with Crippen molar-refractivity contribution >= 4 is 6.09 Å². The maximum atomic E-state index is 12.3. The average Bonchev–Trinajstić information content (AvgIpc) is 3.37. The van der Waals surface area contributed by atoms with Crippen LogP contribution in [-0.2, 0) is 21.0 Å². The molecule has 1 unspecified atom stereocenters. The lowest BCUT2D eigenvalue weighted by Crippen LogP contribution is -2.44. The third-order valence-electron chi connectivity index (χ3n) is 9.16. The Morgan fingerprint density at radius 1 is 0.838 bits per heavy atom. The van der Waals surface area contributed by atoms with Gasteiger partial charge in [-0.15, -0.1) is 0 Å². The average molecular weight is 507 g/mol. The van der Waals surface area contributed by atoms with E-state index in [9.17, 15) is 4.79 Å². The fourth-order valence-corrected chi connectivity index (χ4v) is 5.31. The van der Waals surface area contributed by atoms with Crippen molar-refractivity contribution < 1.29 is 9.53 Å². The highest BCUT2D eigenvalue weighted by Gasteiger charge is 2.43. The third-order valence-corrected chi connectivity index (χ3v) is 9.16. The molecule has 204 valence electrons. The maximum Gasteiger partial charge on any atom is 0.407 e. The molecule has 3 rings (SSSR count). The number of amides is 1. The van der Waals surface area contributed by atoms with E-state index in [1.807, 2.05) is 0 Å². The Morgan fingerprint density at radius 2 is 1.30 bits per heavy atom. The van der Waals surface area contributed by atoms with Crippen LogP contribution in [0.3, 0.4) is 0 Å². The number of carbonyl (C=O) groups is 1. The zero-order chi connectivity index (χ0) is 27.3. The van der Waals surface area contributed by atoms with Gasteiger partial charge in [0.05, 0.1) is 0 Å². The normalized spacial score (nSPS) is 18.6. The number of alkyl carbamates (subject to hydrolysis) is 1. The van der Waals surface area contributed by atoms with E-state index in [4.69, 9.17) is 4.74 Å². The molecule has 0 radical (unpaired) electrons. The van der Waals surface area contributed by atoms with Crippen LogP contribution in [0.15, 0.2) is 48.5 Å². The highest BCUT2D eigenvalue weighted by molar-refractivity contribution is 5.67. The molecule has 2 atom stereocenters. The van der Waals surface area contributed by atoms with Crippen LogP contribution in [-0.4, -0.2) is 31.3 Å². The first-order valence-electron chi connectivity index (χ1n) is 14.4. The molecule has 0 spiro atoms. The zero-order valence-corrected chi connectivity index (χ0v) is 24.5. The number of rotatable bonds is 11. The van der Waals surface area contributed by atoms with Crippen LogP contribution in [0.5, 0.6) is 0 Å². The lowest BCUT2D eigenvalue weighted by molar-refractivity contribution is 0.105. The molecule has 1 heterocycles. The van der Waals surface area contributed by atoms with Gasteiger partial charge in [-0.25, -0.2) is 4.79 Å². The second kappa shape index (κ2) is 12.0. The smallest absolute Gasteiger partial charge is 0.407 e. The van der Waals surface area contributed by atoms with Gasteiger partial charge < -0.3 is 15.4 Å². The van der Waals surface area contributed by atoms with Crippen LogP contribution < -0.4 is 10.6 Å². The molecule has 37 heavy (non-hydrogen) atoms. The standard InChI is InChI=1S/C33H50N2O2/c1-9-12-21-34-30(36)37-28-22-29(35-23-28)33(8,26-17-13-24(14-18-26)31(4,5)10-2)27-19-15-25(16-20-27)32(6,7)11-3/h13-20,28-29,35H,9-12,21-23H2,1-8H3,(H,34,36)/t28-,29?/m1/s1. The Bertz CT molecular complexity index is 948. The summed E-state index contributed by atoms with van der Waals surface area (Å²) in [6.45, 7) is 19.5. The summed E-state index contributed by atoms with van der Waals surface area (Å²) < 4.78 is 5.80. The van der Waals surface area contributed by atoms with E-state index >= 15 is 0 Å². The first-order valence-corrected chi connectivity index (χ1v) is 14.4. The highest BCUT2D eigenvalue weighted by Crippen LogP contribution is 2.41. The predicted octanol–water partition coefficient (Wildman–Crippen LogP) is 7.62. The molecule has 0 saturated carbocycles. The van der Waals surface area contributed by atoms with Gasteiger partial charge in [0.15, 0.2) is 0 Å². The van der Waals surface area contributed by atoms with Crippen LogP contribution in [0, 0.1) is 0 Å². The van der Waals surface area contributed by atoms with Gasteiger partial charge in [-0.1, -0.05) is 103 Å². The summed E-state index contributed by atoms with van der Waals surface area (Å²) in [5.41, 5.74) is 5.35. The molecule has 4 nitrogen and oxygen atoms in total. The molecular weight excluding hydrogens is 456 g/mol. The van der Waals surface area contributed by atoms with Gasteiger partial charge >= 0.3 is 6.09 Å². The molecule has 2 aromatic carbocycles. The van der Waals surface area contributed by atoms with Gasteiger partial charge in [-0.3, -0.25) is 0 Å². The van der Waals surface area contributed by atoms with Gasteiger partial charge in [-0.2, -0.15) is 0 Å². The van der Waals surface area contributed by atoms with E-state index in [1.165, 1.54) is 22.3 Å². The highest BCUT2D eigenvalue weighted by atomic mass is 16.6. The molecule has 1 fully saturated rings. The van der Waals surface area contributed by atoms with E-state index in [2.05, 4.69) is 115 Å². The number of carbonyl (C=O) groups excluding carboxylic acids is 1. The molecule has 1 aliphatic heterocycles. The second-order valence-corrected chi connectivity index (χ2v) is 12.3. The summed E-state index contributed by atoms with van der Waals surface area (Å²) in [6, 6.07) is 18.6. The number of hydrogen-bond donors (Lipinski definition) is 2. The molecule has 0 aliphatic carbocycles. The molecule has 2 aromatic rings. The van der Waals surface area contributed by atoms with Gasteiger partial charge in [-0.05, 0) is 59.3 Å². The van der Waals surface area contributed by atoms with Crippen molar-refractivity contribution in [2.45, 2.75) is 116 Å². The number of unbranched alkanes of at least 4 members (excludes halogenated alkanes) is 1. The Labute approximate surface area is 226 Å². The van der Waals surface area contributed by atoms with E-state index in [0.717, 1.165) is 32.1 Å². The fourth-order valence-electron chi connectivity index (χ4n) is 5.31. The van der Waals surface area contributed by atoms with E-state index in [-0.39, 0.29) is 34.5 Å². The Kier molecular flexibility index (Phi) is 9.50. The summed E-state index contributed by atoms with van der Waals surface area (Å²) in [7, 11) is 0. The number of ether oxygens (including phenoxy) is 1. The Hall–Kier alpha value is -2.33. The summed E-state index contributed by atoms with van der Waals surface area (Å²) in [4.78, 5) is 12.3. The van der Waals surface area contributed by atoms with Crippen molar-refractivity contribution in [3.8, 4) is 0 Å². The minimum absolute atomic E-state index is 0.137. The fraction of sp³-hybridized carbons (Fsp3) is 0.606. The lowest BCUT2D eigenvalue weighted by Gasteiger charge is -2.38. The van der Waals surface area contributed by atoms with Crippen LogP contribution in [0.4, 0.5) is 4.79 Å². The minimum atomic E-state index is -0.306. The van der Waals surface area contributed by atoms with Gasteiger partial charge in [0.2, 0.25) is 0 Å². The molecule has 1 saturated heterocycles. The quantitative estimate of drug-likeness (QED) is 0.308. The van der Waals surface area contributed by atoms with E-state index < -0.39 is 0 Å². The molecule has 1 amide bonds. The van der Waals surface area contributed by atoms with Crippen molar-refractivity contribution in [1.82, 2.24) is 10.6 Å². The van der Waals surface area contributed by atoms with E-state index in [1.54, 1.807) is 0 Å². The van der Waals surface area contributed by atoms with Crippen molar-refractivity contribution in [3.63, 3.8) is 0 Å². The second-order valence-electron chi connectivity index (χ2n) is 12.3. The van der Waals surface area contributed by atoms with Crippen LogP contribution in [0.1, 0.15) is 110 Å². The minimum Gasteiger partial charge on any atom is -0.445 e. The van der Waals surface area contributed by atoms with Crippen molar-refractivity contribution in [1.29, 1.82) is 0 Å². The number of benzene rings is 2. The summed E-state index contributed by atoms with van der Waals surface area (Å²) in [5.74, 6) is 0. The monoisotopic (exact) mass is 506 g/mol. The van der Waals surface area contributed by atoms with Gasteiger partial charge in [0, 0.05) is 31.0 Å². The van der Waals surface area contributed by atoms with Crippen LogP contribution in [0.25, 0.3) is 0 Å². The third kappa shape index (κ3) is 6.57. The first-order chi connectivity index (χ1) is 17.5. The molecule has 0 aromatic heterocycles. The largest absolute Gasteiger partial charge is 0.445 e. The predicted molar refractivity (Wildman–Crippen MR) is 156 cm³/mol. The maximum absolute atomic E-state index is 12.3. The summed E-state index contributed by atoms with van der Waals surface area (Å²) in [5, 5.41) is 6.61. The van der Waals surface area contributed by atoms with Gasteiger partial charge in [0.1, 0.15) is 6.10 Å². The molecular formula is C33H50N2O2. The Balaban J connectivity index is 1.92. The molecule has 4 heteroatoms. The number of hydrogen-bond acceptors (Lipinski definition) is 3. The van der Waals surface area contributed by atoms with Crippen molar-refractivity contribution in [3.05, 3.63) is 70.8 Å². The number of nitrogens with one attached hydrogen (secondary N) is 2. The summed E-state index contributed by atoms with van der Waals surface area (Å²) in [6.07, 6.45) is 4.55. The summed E-state index contributed by atoms with van der Waals surface area (Å²) >= 11 is 0. The van der Waals surface area contributed by atoms with Crippen LogP contribution >= 0.6 is 0 Å². The molecule has 2 N–H and O–H groups in total. The first kappa shape index (κ1) is 29.2. The van der Waals surface area contributed by atoms with Crippen molar-refractivity contribution in [2.75, 3.05) is 13.1 Å². The Morgan fingerprint density at radius 3 is 1.73 bits per heavy atom. The SMILES string of the molecule is CCCCNC(=O)O[C@H]1CNC(C(C)(c2ccc(C(C)(C)CC)cc2)c2ccc(C(C)(C)CC)cc2)C1. The topological polar surface area (TPSA) is 50.4 Å². The zero-order valence-electron chi connectivity index (χ0n) is 24.5. The van der Waals surface area contributed by atoms with Crippen molar-refractivity contribution in [2.24, 2.45) is 0 Å². The molecule has 1 aliphatic rings. The molecule has 0 bridgehead atoms. The van der Waals surface area contributed by atoms with Gasteiger partial charge in [0.25, 0.3) is 0 Å². The lowest BCUT2D eigenvalue weighted by atomic mass is 9.68. The van der Waals surface area contributed by atoms with Crippen LogP contribution in [0.2, 0.25) is 0 Å².